The maximum absolute atomic E-state index is 11.8. The Bertz CT molecular complexity index is 693. The topological polar surface area (TPSA) is 17.1 Å². The van der Waals surface area contributed by atoms with Crippen molar-refractivity contribution in [3.8, 4) is 0 Å². The summed E-state index contributed by atoms with van der Waals surface area (Å²) in [4.78, 5) is 11.8. The van der Waals surface area contributed by atoms with Crippen molar-refractivity contribution in [2.75, 3.05) is 0 Å². The number of fused-ring (bicyclic) bond motifs is 5. The predicted octanol–water partition coefficient (Wildman–Crippen LogP) is 8.70. The Morgan fingerprint density at radius 1 is 0.806 bits per heavy atom. The van der Waals surface area contributed by atoms with Crippen LogP contribution >= 0.6 is 0 Å². The third-order valence-electron chi connectivity index (χ3n) is 12.7. The Balaban J connectivity index is 1.55. The van der Waals surface area contributed by atoms with Crippen LogP contribution in [0.4, 0.5) is 0 Å². The average Bonchev–Trinajstić information content (AvgIpc) is 2.96. The first-order valence-corrected chi connectivity index (χ1v) is 13.9. The second-order valence-corrected chi connectivity index (χ2v) is 14.3. The van der Waals surface area contributed by atoms with E-state index < -0.39 is 0 Å². The Morgan fingerprint density at radius 3 is 2.16 bits per heavy atom. The van der Waals surface area contributed by atoms with E-state index in [-0.39, 0.29) is 5.92 Å². The third kappa shape index (κ3) is 3.49. The summed E-state index contributed by atoms with van der Waals surface area (Å²) >= 11 is 0. The van der Waals surface area contributed by atoms with E-state index in [9.17, 15) is 4.79 Å². The van der Waals surface area contributed by atoms with E-state index in [1.54, 1.807) is 6.92 Å². The molecule has 1 heteroatoms. The Labute approximate surface area is 193 Å². The normalized spacial score (nSPS) is 48.3. The van der Waals surface area contributed by atoms with Crippen molar-refractivity contribution >= 4 is 5.78 Å². The summed E-state index contributed by atoms with van der Waals surface area (Å²) < 4.78 is 0. The molecule has 0 aromatic rings. The van der Waals surface area contributed by atoms with Crippen LogP contribution in [0.1, 0.15) is 126 Å². The van der Waals surface area contributed by atoms with E-state index in [0.29, 0.717) is 27.4 Å². The van der Waals surface area contributed by atoms with Crippen molar-refractivity contribution < 1.29 is 4.79 Å². The van der Waals surface area contributed by atoms with Crippen LogP contribution < -0.4 is 0 Å². The van der Waals surface area contributed by atoms with Crippen molar-refractivity contribution in [1.82, 2.24) is 0 Å². The number of rotatable bonds is 5. The van der Waals surface area contributed by atoms with Gasteiger partial charge in [0.05, 0.1) is 0 Å². The van der Waals surface area contributed by atoms with Gasteiger partial charge in [-0.05, 0) is 122 Å². The number of Topliss-reactive ketones (excluding diaryl/α,β-unsaturated/α-hetero) is 1. The average molecular weight is 429 g/mol. The summed E-state index contributed by atoms with van der Waals surface area (Å²) in [5.41, 5.74) is 2.15. The van der Waals surface area contributed by atoms with Gasteiger partial charge >= 0.3 is 0 Å². The number of hydrogen-bond acceptors (Lipinski definition) is 1. The highest BCUT2D eigenvalue weighted by Gasteiger charge is 2.66. The second-order valence-electron chi connectivity index (χ2n) is 14.3. The molecular weight excluding hydrogens is 376 g/mol. The fourth-order valence-electron chi connectivity index (χ4n) is 10.5. The molecular formula is C30H52O. The van der Waals surface area contributed by atoms with Crippen LogP contribution in [0.15, 0.2) is 0 Å². The van der Waals surface area contributed by atoms with Gasteiger partial charge in [0.1, 0.15) is 5.78 Å². The highest BCUT2D eigenvalue weighted by Crippen LogP contribution is 2.74. The first kappa shape index (κ1) is 23.8. The van der Waals surface area contributed by atoms with Crippen LogP contribution in [-0.4, -0.2) is 5.78 Å². The third-order valence-corrected chi connectivity index (χ3v) is 12.7. The predicted molar refractivity (Wildman–Crippen MR) is 132 cm³/mol. The Kier molecular flexibility index (Phi) is 6.05. The maximum Gasteiger partial charge on any atom is 0.132 e. The SMILES string of the molecule is CC(=O)[C@@H](C)CC[C@@H](C)[C@H]1CC[C@@]2(C)[C@@H]3CC[C@H]4C(C)(C)CCC[C@]4(C)[C@H]3CC[C@]12C. The zero-order valence-corrected chi connectivity index (χ0v) is 22.2. The standard InChI is InChI=1S/C30H52O/c1-20(22(3)31)10-11-21(2)23-14-18-30(8)25-12-13-26-27(4,5)16-9-17-28(26,6)24(25)15-19-29(23,30)7/h20-21,23-26H,9-19H2,1-8H3/t20-,21+,23+,24-,25+,26-,28+,29+,30-/m0/s1. The second kappa shape index (κ2) is 7.87. The summed E-state index contributed by atoms with van der Waals surface area (Å²) in [5.74, 6) is 5.05. The van der Waals surface area contributed by atoms with E-state index >= 15 is 0 Å². The zero-order chi connectivity index (χ0) is 22.8. The molecule has 4 saturated carbocycles. The van der Waals surface area contributed by atoms with Gasteiger partial charge in [-0.15, -0.1) is 0 Å². The number of carbonyl (C=O) groups is 1. The molecule has 1 nitrogen and oxygen atoms in total. The summed E-state index contributed by atoms with van der Waals surface area (Å²) in [7, 11) is 0. The van der Waals surface area contributed by atoms with Gasteiger partial charge in [0.15, 0.2) is 0 Å². The molecule has 0 N–H and O–H groups in total. The summed E-state index contributed by atoms with van der Waals surface area (Å²) in [6, 6.07) is 0. The molecule has 0 amide bonds. The molecule has 4 fully saturated rings. The maximum atomic E-state index is 11.8. The minimum Gasteiger partial charge on any atom is -0.300 e. The minimum atomic E-state index is 0.240. The molecule has 0 heterocycles. The lowest BCUT2D eigenvalue weighted by atomic mass is 9.38. The lowest BCUT2D eigenvalue weighted by Crippen LogP contribution is -2.59. The van der Waals surface area contributed by atoms with Crippen molar-refractivity contribution in [2.24, 2.45) is 57.2 Å². The van der Waals surface area contributed by atoms with Crippen molar-refractivity contribution in [3.63, 3.8) is 0 Å². The molecule has 4 rings (SSSR count). The first-order chi connectivity index (χ1) is 14.4. The van der Waals surface area contributed by atoms with Crippen LogP contribution in [0.2, 0.25) is 0 Å². The van der Waals surface area contributed by atoms with Crippen LogP contribution in [0.25, 0.3) is 0 Å². The van der Waals surface area contributed by atoms with E-state index in [2.05, 4.69) is 48.5 Å². The van der Waals surface area contributed by atoms with Gasteiger partial charge in [-0.25, -0.2) is 0 Å². The molecule has 0 unspecified atom stereocenters. The minimum absolute atomic E-state index is 0.240. The molecule has 0 aromatic heterocycles. The van der Waals surface area contributed by atoms with Gasteiger partial charge < -0.3 is 0 Å². The summed E-state index contributed by atoms with van der Waals surface area (Å²) in [6.07, 6.45) is 15.5. The zero-order valence-electron chi connectivity index (χ0n) is 22.2. The van der Waals surface area contributed by atoms with E-state index in [0.717, 1.165) is 36.0 Å². The fourth-order valence-corrected chi connectivity index (χ4v) is 10.5. The molecule has 0 radical (unpaired) electrons. The van der Waals surface area contributed by atoms with Gasteiger partial charge in [-0.3, -0.25) is 4.79 Å². The van der Waals surface area contributed by atoms with Crippen molar-refractivity contribution in [2.45, 2.75) is 126 Å². The van der Waals surface area contributed by atoms with Gasteiger partial charge in [0, 0.05) is 5.92 Å². The highest BCUT2D eigenvalue weighted by atomic mass is 16.1. The molecule has 31 heavy (non-hydrogen) atoms. The molecule has 0 saturated heterocycles. The molecule has 178 valence electrons. The highest BCUT2D eigenvalue weighted by molar-refractivity contribution is 5.77. The fraction of sp³-hybridized carbons (Fsp3) is 0.967. The molecule has 4 aliphatic rings. The quantitative estimate of drug-likeness (QED) is 0.428. The number of carbonyl (C=O) groups excluding carboxylic acids is 1. The van der Waals surface area contributed by atoms with E-state index in [1.807, 2.05) is 0 Å². The van der Waals surface area contributed by atoms with Crippen LogP contribution in [0, 0.1) is 57.2 Å². The van der Waals surface area contributed by atoms with Crippen LogP contribution in [0.5, 0.6) is 0 Å². The molecule has 9 atom stereocenters. The smallest absolute Gasteiger partial charge is 0.132 e. The van der Waals surface area contributed by atoms with Crippen molar-refractivity contribution in [3.05, 3.63) is 0 Å². The Morgan fingerprint density at radius 2 is 1.48 bits per heavy atom. The van der Waals surface area contributed by atoms with Crippen LogP contribution in [-0.2, 0) is 4.79 Å². The molecule has 0 bridgehead atoms. The lowest BCUT2D eigenvalue weighted by molar-refractivity contribution is -0.179. The van der Waals surface area contributed by atoms with Gasteiger partial charge in [0.25, 0.3) is 0 Å². The monoisotopic (exact) mass is 428 g/mol. The molecule has 0 aromatic carbocycles. The molecule has 0 spiro atoms. The number of hydrogen-bond donors (Lipinski definition) is 0. The van der Waals surface area contributed by atoms with E-state index in [1.165, 1.54) is 64.2 Å². The van der Waals surface area contributed by atoms with Gasteiger partial charge in [-0.2, -0.15) is 0 Å². The van der Waals surface area contributed by atoms with Gasteiger partial charge in [0.2, 0.25) is 0 Å². The first-order valence-electron chi connectivity index (χ1n) is 13.9. The molecule has 4 aliphatic carbocycles. The Hall–Kier alpha value is -0.330. The summed E-state index contributed by atoms with van der Waals surface area (Å²) in [6.45, 7) is 19.7. The molecule has 0 aliphatic heterocycles. The summed E-state index contributed by atoms with van der Waals surface area (Å²) in [5, 5.41) is 0. The van der Waals surface area contributed by atoms with Crippen LogP contribution in [0.3, 0.4) is 0 Å². The van der Waals surface area contributed by atoms with Crippen molar-refractivity contribution in [1.29, 1.82) is 0 Å². The lowest BCUT2D eigenvalue weighted by Gasteiger charge is -2.67. The van der Waals surface area contributed by atoms with E-state index in [4.69, 9.17) is 0 Å². The number of ketones is 1. The largest absolute Gasteiger partial charge is 0.300 e. The van der Waals surface area contributed by atoms with Gasteiger partial charge in [-0.1, -0.05) is 54.9 Å².